The quantitative estimate of drug-likeness (QED) is 0.788. The fraction of sp³-hybridized carbons (Fsp3) is 0.368. The summed E-state index contributed by atoms with van der Waals surface area (Å²) >= 11 is 0. The van der Waals surface area contributed by atoms with Crippen molar-refractivity contribution < 1.29 is 9.84 Å². The average Bonchev–Trinajstić information content (AvgIpc) is 2.81. The molecule has 0 bridgehead atoms. The number of rotatable bonds is 5. The van der Waals surface area contributed by atoms with Gasteiger partial charge in [0.1, 0.15) is 5.60 Å². The molecule has 1 saturated heterocycles. The fourth-order valence-electron chi connectivity index (χ4n) is 2.78. The van der Waals surface area contributed by atoms with E-state index in [1.54, 1.807) is 0 Å². The van der Waals surface area contributed by atoms with Crippen molar-refractivity contribution in [1.82, 2.24) is 10.6 Å². The summed E-state index contributed by atoms with van der Waals surface area (Å²) in [7, 11) is 0. The lowest BCUT2D eigenvalue weighted by atomic mass is 10.0. The van der Waals surface area contributed by atoms with Gasteiger partial charge in [-0.15, -0.1) is 0 Å². The molecule has 1 aliphatic rings. The minimum Gasteiger partial charge on any atom is -0.385 e. The molecule has 0 saturated carbocycles. The Bertz CT molecular complexity index is 591. The Kier molecular flexibility index (Phi) is 5.41. The number of nitrogens with one attached hydrogen (secondary N) is 2. The van der Waals surface area contributed by atoms with Gasteiger partial charge in [0.15, 0.2) is 0 Å². The van der Waals surface area contributed by atoms with E-state index in [2.05, 4.69) is 47.0 Å². The maximum absolute atomic E-state index is 10.5. The zero-order chi connectivity index (χ0) is 16.0. The molecule has 4 nitrogen and oxygen atoms in total. The minimum atomic E-state index is -0.833. The maximum atomic E-state index is 10.5. The summed E-state index contributed by atoms with van der Waals surface area (Å²) in [5.74, 6) is 0. The Labute approximate surface area is 137 Å². The van der Waals surface area contributed by atoms with Crippen LogP contribution in [-0.4, -0.2) is 43.6 Å². The zero-order valence-corrected chi connectivity index (χ0v) is 13.3. The second kappa shape index (κ2) is 7.70. The lowest BCUT2D eigenvalue weighted by molar-refractivity contribution is -0.0264. The van der Waals surface area contributed by atoms with E-state index in [9.17, 15) is 5.11 Å². The van der Waals surface area contributed by atoms with Crippen molar-refractivity contribution in [2.24, 2.45) is 0 Å². The van der Waals surface area contributed by atoms with Crippen LogP contribution >= 0.6 is 0 Å². The Morgan fingerprint density at radius 1 is 1.04 bits per heavy atom. The molecule has 122 valence electrons. The van der Waals surface area contributed by atoms with Crippen LogP contribution in [0.15, 0.2) is 54.6 Å². The molecule has 3 rings (SSSR count). The van der Waals surface area contributed by atoms with Crippen molar-refractivity contribution >= 4 is 0 Å². The third kappa shape index (κ3) is 4.62. The fourth-order valence-corrected chi connectivity index (χ4v) is 2.78. The molecule has 4 heteroatoms. The van der Waals surface area contributed by atoms with Gasteiger partial charge in [-0.25, -0.2) is 0 Å². The third-order valence-corrected chi connectivity index (χ3v) is 4.09. The number of hydrogen-bond donors (Lipinski definition) is 3. The highest BCUT2D eigenvalue weighted by atomic mass is 16.5. The maximum Gasteiger partial charge on any atom is 0.113 e. The van der Waals surface area contributed by atoms with Crippen molar-refractivity contribution in [2.45, 2.75) is 12.1 Å². The zero-order valence-electron chi connectivity index (χ0n) is 13.3. The Hall–Kier alpha value is -1.72. The Balaban J connectivity index is 1.52. The second-order valence-corrected chi connectivity index (χ2v) is 6.12. The molecule has 0 spiro atoms. The third-order valence-electron chi connectivity index (χ3n) is 4.09. The molecule has 1 heterocycles. The van der Waals surface area contributed by atoms with Gasteiger partial charge in [0.05, 0.1) is 13.2 Å². The molecule has 1 unspecified atom stereocenters. The van der Waals surface area contributed by atoms with Gasteiger partial charge in [-0.05, 0) is 16.7 Å². The van der Waals surface area contributed by atoms with Gasteiger partial charge in [-0.3, -0.25) is 0 Å². The number of β-amino-alcohol motifs (C(OH)–C–C–N with tert-alkyl or cyclic N) is 1. The van der Waals surface area contributed by atoms with Crippen LogP contribution in [0.4, 0.5) is 0 Å². The van der Waals surface area contributed by atoms with E-state index in [0.29, 0.717) is 26.3 Å². The van der Waals surface area contributed by atoms with E-state index in [-0.39, 0.29) is 0 Å². The molecule has 0 radical (unpaired) electrons. The first-order valence-corrected chi connectivity index (χ1v) is 8.11. The first-order chi connectivity index (χ1) is 11.3. The summed E-state index contributed by atoms with van der Waals surface area (Å²) < 4.78 is 5.43. The molecule has 2 aromatic carbocycles. The monoisotopic (exact) mass is 312 g/mol. The van der Waals surface area contributed by atoms with E-state index in [1.807, 2.05) is 18.2 Å². The summed E-state index contributed by atoms with van der Waals surface area (Å²) in [4.78, 5) is 0. The van der Waals surface area contributed by atoms with Gasteiger partial charge in [0.25, 0.3) is 0 Å². The predicted octanol–water partition coefficient (Wildman–Crippen LogP) is 1.79. The van der Waals surface area contributed by atoms with Crippen molar-refractivity contribution in [1.29, 1.82) is 0 Å². The van der Waals surface area contributed by atoms with Gasteiger partial charge in [-0.1, -0.05) is 54.6 Å². The molecular formula is C19H24N2O2. The number of ether oxygens (including phenoxy) is 1. The van der Waals surface area contributed by atoms with Crippen LogP contribution in [0.3, 0.4) is 0 Å². The molecule has 1 aliphatic heterocycles. The molecule has 0 amide bonds. The Morgan fingerprint density at radius 2 is 1.78 bits per heavy atom. The normalized spacial score (nSPS) is 21.8. The first kappa shape index (κ1) is 16.1. The summed E-state index contributed by atoms with van der Waals surface area (Å²) in [6, 6.07) is 18.9. The van der Waals surface area contributed by atoms with Crippen molar-refractivity contribution in [3.63, 3.8) is 0 Å². The van der Waals surface area contributed by atoms with Gasteiger partial charge in [0.2, 0.25) is 0 Å². The highest BCUT2D eigenvalue weighted by Crippen LogP contribution is 2.19. The molecule has 0 aliphatic carbocycles. The Morgan fingerprint density at radius 3 is 2.57 bits per heavy atom. The summed E-state index contributed by atoms with van der Waals surface area (Å²) in [6.45, 7) is 3.64. The highest BCUT2D eigenvalue weighted by molar-refractivity contribution is 5.63. The molecule has 1 atom stereocenters. The van der Waals surface area contributed by atoms with Crippen LogP contribution in [0.5, 0.6) is 0 Å². The van der Waals surface area contributed by atoms with Gasteiger partial charge < -0.3 is 20.5 Å². The molecule has 2 aromatic rings. The van der Waals surface area contributed by atoms with E-state index in [1.165, 1.54) is 16.7 Å². The van der Waals surface area contributed by atoms with E-state index in [0.717, 1.165) is 13.1 Å². The van der Waals surface area contributed by atoms with Crippen molar-refractivity contribution in [2.75, 3.05) is 32.8 Å². The van der Waals surface area contributed by atoms with E-state index in [4.69, 9.17) is 4.74 Å². The summed E-state index contributed by atoms with van der Waals surface area (Å²) in [6.07, 6.45) is 0. The molecule has 0 aromatic heterocycles. The van der Waals surface area contributed by atoms with Crippen molar-refractivity contribution in [3.05, 3.63) is 60.2 Å². The van der Waals surface area contributed by atoms with E-state index >= 15 is 0 Å². The van der Waals surface area contributed by atoms with Crippen LogP contribution in [0, 0.1) is 0 Å². The molecule has 3 N–H and O–H groups in total. The lowest BCUT2D eigenvalue weighted by Crippen LogP contribution is -2.50. The second-order valence-electron chi connectivity index (χ2n) is 6.12. The topological polar surface area (TPSA) is 53.5 Å². The van der Waals surface area contributed by atoms with Gasteiger partial charge >= 0.3 is 0 Å². The van der Waals surface area contributed by atoms with Crippen LogP contribution in [0.1, 0.15) is 5.56 Å². The van der Waals surface area contributed by atoms with Gasteiger partial charge in [-0.2, -0.15) is 0 Å². The minimum absolute atomic E-state index is 0.375. The summed E-state index contributed by atoms with van der Waals surface area (Å²) in [5, 5.41) is 17.0. The number of hydrogen-bond acceptors (Lipinski definition) is 4. The summed E-state index contributed by atoms with van der Waals surface area (Å²) in [5.41, 5.74) is 2.81. The largest absolute Gasteiger partial charge is 0.385 e. The lowest BCUT2D eigenvalue weighted by Gasteiger charge is -2.26. The molecular weight excluding hydrogens is 288 g/mol. The first-order valence-electron chi connectivity index (χ1n) is 8.11. The van der Waals surface area contributed by atoms with E-state index < -0.39 is 5.60 Å². The number of benzene rings is 2. The van der Waals surface area contributed by atoms with Crippen LogP contribution in [0.25, 0.3) is 11.1 Å². The van der Waals surface area contributed by atoms with Crippen LogP contribution < -0.4 is 10.6 Å². The highest BCUT2D eigenvalue weighted by Gasteiger charge is 2.28. The SMILES string of the molecule is OC1(CNCc2ccc(-c3ccccc3)cc2)CNCCOC1. The smallest absolute Gasteiger partial charge is 0.113 e. The van der Waals surface area contributed by atoms with Crippen LogP contribution in [0.2, 0.25) is 0 Å². The average molecular weight is 312 g/mol. The van der Waals surface area contributed by atoms with Gasteiger partial charge in [0, 0.05) is 26.2 Å². The van der Waals surface area contributed by atoms with Crippen molar-refractivity contribution in [3.8, 4) is 11.1 Å². The number of aliphatic hydroxyl groups is 1. The van der Waals surface area contributed by atoms with Crippen LogP contribution in [-0.2, 0) is 11.3 Å². The standard InChI is InChI=1S/C19H24N2O2/c22-19(13-20-10-11-23-15-19)14-21-12-16-6-8-18(9-7-16)17-4-2-1-3-5-17/h1-9,20-22H,10-15H2. The molecule has 23 heavy (non-hydrogen) atoms. The predicted molar refractivity (Wildman–Crippen MR) is 92.2 cm³/mol. The molecule has 1 fully saturated rings.